The van der Waals surface area contributed by atoms with Crippen LogP contribution in [0.1, 0.15) is 12.8 Å². The molecule has 2 aliphatic rings. The van der Waals surface area contributed by atoms with Gasteiger partial charge in [0, 0.05) is 23.3 Å². The van der Waals surface area contributed by atoms with E-state index in [0.717, 1.165) is 0 Å². The molecule has 2 fully saturated rings. The molecule has 124 valence electrons. The third kappa shape index (κ3) is 3.86. The number of rotatable bonds is 5. The van der Waals surface area contributed by atoms with Crippen LogP contribution in [-0.2, 0) is 9.53 Å². The van der Waals surface area contributed by atoms with Crippen molar-refractivity contribution >= 4 is 17.6 Å². The molecule has 1 unspecified atom stereocenters. The van der Waals surface area contributed by atoms with Crippen LogP contribution in [0.25, 0.3) is 0 Å². The Hall–Kier alpha value is -1.56. The van der Waals surface area contributed by atoms with Gasteiger partial charge in [-0.2, -0.15) is 0 Å². The Morgan fingerprint density at radius 3 is 3.09 bits per heavy atom. The highest BCUT2D eigenvalue weighted by molar-refractivity contribution is 6.30. The maximum atomic E-state index is 11.3. The summed E-state index contributed by atoms with van der Waals surface area (Å²) in [7, 11) is 0. The summed E-state index contributed by atoms with van der Waals surface area (Å²) in [5.41, 5.74) is 0. The summed E-state index contributed by atoms with van der Waals surface area (Å²) >= 11 is 5.86. The van der Waals surface area contributed by atoms with Gasteiger partial charge in [0.25, 0.3) is 0 Å². The molecule has 1 aliphatic heterocycles. The zero-order chi connectivity index (χ0) is 16.4. The van der Waals surface area contributed by atoms with Gasteiger partial charge >= 0.3 is 5.97 Å². The SMILES string of the molecule is O=C1C[C@@H]2[C@@H](/C=C/C(O)COc3cccc(Cl)c3)[C@H](O)C[C@@H]2O1. The maximum absolute atomic E-state index is 11.3. The van der Waals surface area contributed by atoms with E-state index in [4.69, 9.17) is 21.1 Å². The van der Waals surface area contributed by atoms with Crippen LogP contribution in [0, 0.1) is 11.8 Å². The van der Waals surface area contributed by atoms with E-state index in [1.807, 2.05) is 0 Å². The third-order valence-corrected chi connectivity index (χ3v) is 4.58. The van der Waals surface area contributed by atoms with Crippen LogP contribution in [0.15, 0.2) is 36.4 Å². The van der Waals surface area contributed by atoms with E-state index in [1.165, 1.54) is 0 Å². The summed E-state index contributed by atoms with van der Waals surface area (Å²) in [6, 6.07) is 6.94. The van der Waals surface area contributed by atoms with Gasteiger partial charge in [0.2, 0.25) is 0 Å². The van der Waals surface area contributed by atoms with Crippen LogP contribution >= 0.6 is 11.6 Å². The van der Waals surface area contributed by atoms with Gasteiger partial charge < -0.3 is 19.7 Å². The quantitative estimate of drug-likeness (QED) is 0.634. The van der Waals surface area contributed by atoms with Crippen molar-refractivity contribution in [1.29, 1.82) is 0 Å². The maximum Gasteiger partial charge on any atom is 0.306 e. The molecule has 2 N–H and O–H groups in total. The third-order valence-electron chi connectivity index (χ3n) is 4.35. The summed E-state index contributed by atoms with van der Waals surface area (Å²) in [4.78, 5) is 11.3. The zero-order valence-electron chi connectivity index (χ0n) is 12.5. The highest BCUT2D eigenvalue weighted by atomic mass is 35.5. The molecular formula is C17H19ClO5. The Labute approximate surface area is 139 Å². The van der Waals surface area contributed by atoms with Crippen molar-refractivity contribution in [2.24, 2.45) is 11.8 Å². The zero-order valence-corrected chi connectivity index (χ0v) is 13.2. The lowest BCUT2D eigenvalue weighted by atomic mass is 9.91. The van der Waals surface area contributed by atoms with Crippen molar-refractivity contribution in [1.82, 2.24) is 0 Å². The van der Waals surface area contributed by atoms with Crippen molar-refractivity contribution < 1.29 is 24.5 Å². The number of benzene rings is 1. The first-order chi connectivity index (χ1) is 11.0. The van der Waals surface area contributed by atoms with Crippen molar-refractivity contribution in [3.8, 4) is 5.75 Å². The van der Waals surface area contributed by atoms with Gasteiger partial charge in [0.15, 0.2) is 0 Å². The predicted molar refractivity (Wildman–Crippen MR) is 84.2 cm³/mol. The molecule has 1 aromatic carbocycles. The number of hydrogen-bond donors (Lipinski definition) is 2. The van der Waals surface area contributed by atoms with E-state index in [9.17, 15) is 15.0 Å². The lowest BCUT2D eigenvalue weighted by Gasteiger charge is -2.15. The van der Waals surface area contributed by atoms with Crippen LogP contribution in [0.2, 0.25) is 5.02 Å². The van der Waals surface area contributed by atoms with E-state index in [-0.39, 0.29) is 30.5 Å². The highest BCUT2D eigenvalue weighted by Crippen LogP contribution is 2.42. The van der Waals surface area contributed by atoms with E-state index in [2.05, 4.69) is 0 Å². The summed E-state index contributed by atoms with van der Waals surface area (Å²) in [6.07, 6.45) is 2.60. The number of esters is 1. The summed E-state index contributed by atoms with van der Waals surface area (Å²) < 4.78 is 10.6. The number of halogens is 1. The van der Waals surface area contributed by atoms with Crippen LogP contribution in [0.4, 0.5) is 0 Å². The fraction of sp³-hybridized carbons (Fsp3) is 0.471. The molecule has 0 aromatic heterocycles. The van der Waals surface area contributed by atoms with Crippen LogP contribution < -0.4 is 4.74 Å². The summed E-state index contributed by atoms with van der Waals surface area (Å²) in [5, 5.41) is 20.6. The van der Waals surface area contributed by atoms with Gasteiger partial charge in [-0.25, -0.2) is 0 Å². The predicted octanol–water partition coefficient (Wildman–Crippen LogP) is 1.95. The normalized spacial score (nSPS) is 31.2. The topological polar surface area (TPSA) is 76.0 Å². The van der Waals surface area contributed by atoms with Gasteiger partial charge in [-0.15, -0.1) is 0 Å². The minimum absolute atomic E-state index is 0.00482. The molecule has 3 rings (SSSR count). The van der Waals surface area contributed by atoms with Gasteiger partial charge in [0.1, 0.15) is 24.6 Å². The van der Waals surface area contributed by atoms with Gasteiger partial charge in [-0.3, -0.25) is 4.79 Å². The summed E-state index contributed by atoms with van der Waals surface area (Å²) in [6.45, 7) is 0.0865. The number of hydrogen-bond acceptors (Lipinski definition) is 5. The van der Waals surface area contributed by atoms with E-state index in [0.29, 0.717) is 23.6 Å². The molecule has 0 amide bonds. The Bertz CT molecular complexity index is 602. The standard InChI is InChI=1S/C17H19ClO5/c18-10-2-1-3-12(6-10)22-9-11(19)4-5-13-14-7-17(21)23-16(14)8-15(13)20/h1-6,11,13-16,19-20H,7-9H2/b5-4+/t11?,13-,14-,15-,16+/m1/s1. The molecule has 0 spiro atoms. The highest BCUT2D eigenvalue weighted by Gasteiger charge is 2.48. The average molecular weight is 339 g/mol. The molecule has 1 saturated carbocycles. The number of ether oxygens (including phenoxy) is 2. The largest absolute Gasteiger partial charge is 0.491 e. The number of carbonyl (C=O) groups excluding carboxylic acids is 1. The molecule has 1 saturated heterocycles. The summed E-state index contributed by atoms with van der Waals surface area (Å²) in [5.74, 6) is 0.193. The van der Waals surface area contributed by atoms with Gasteiger partial charge in [-0.05, 0) is 18.2 Å². The van der Waals surface area contributed by atoms with Crippen molar-refractivity contribution in [2.75, 3.05) is 6.61 Å². The molecule has 0 bridgehead atoms. The Morgan fingerprint density at radius 1 is 1.48 bits per heavy atom. The minimum atomic E-state index is -0.807. The van der Waals surface area contributed by atoms with E-state index in [1.54, 1.807) is 36.4 Å². The first-order valence-corrected chi connectivity index (χ1v) is 8.03. The molecule has 0 radical (unpaired) electrons. The van der Waals surface area contributed by atoms with Crippen LogP contribution in [-0.4, -0.2) is 41.1 Å². The second kappa shape index (κ2) is 6.91. The number of aliphatic hydroxyl groups is 2. The second-order valence-corrected chi connectivity index (χ2v) is 6.43. The molecule has 6 heteroatoms. The molecule has 5 nitrogen and oxygen atoms in total. The second-order valence-electron chi connectivity index (χ2n) is 6.00. The monoisotopic (exact) mass is 338 g/mol. The molecule has 1 aromatic rings. The van der Waals surface area contributed by atoms with Crippen molar-refractivity contribution in [2.45, 2.75) is 31.2 Å². The molecule has 1 aliphatic carbocycles. The lowest BCUT2D eigenvalue weighted by Crippen LogP contribution is -2.20. The van der Waals surface area contributed by atoms with Crippen molar-refractivity contribution in [3.05, 3.63) is 41.4 Å². The Morgan fingerprint density at radius 2 is 2.30 bits per heavy atom. The van der Waals surface area contributed by atoms with Crippen molar-refractivity contribution in [3.63, 3.8) is 0 Å². The van der Waals surface area contributed by atoms with Crippen LogP contribution in [0.5, 0.6) is 5.75 Å². The fourth-order valence-electron chi connectivity index (χ4n) is 3.24. The molecule has 1 heterocycles. The Kier molecular flexibility index (Phi) is 4.90. The molecule has 5 atom stereocenters. The first kappa shape index (κ1) is 16.3. The number of aliphatic hydroxyl groups excluding tert-OH is 2. The van der Waals surface area contributed by atoms with Gasteiger partial charge in [-0.1, -0.05) is 29.8 Å². The molecule has 23 heavy (non-hydrogen) atoms. The number of carbonyl (C=O) groups is 1. The number of fused-ring (bicyclic) bond motifs is 1. The first-order valence-electron chi connectivity index (χ1n) is 7.65. The minimum Gasteiger partial charge on any atom is -0.491 e. The lowest BCUT2D eigenvalue weighted by molar-refractivity contribution is -0.141. The smallest absolute Gasteiger partial charge is 0.306 e. The fourth-order valence-corrected chi connectivity index (χ4v) is 3.42. The molecular weight excluding hydrogens is 320 g/mol. The average Bonchev–Trinajstić information content (AvgIpc) is 2.98. The van der Waals surface area contributed by atoms with Crippen LogP contribution in [0.3, 0.4) is 0 Å². The van der Waals surface area contributed by atoms with E-state index >= 15 is 0 Å². The Balaban J connectivity index is 1.53. The van der Waals surface area contributed by atoms with E-state index < -0.39 is 12.2 Å². The van der Waals surface area contributed by atoms with Gasteiger partial charge in [0.05, 0.1) is 12.5 Å².